The van der Waals surface area contributed by atoms with Crippen molar-refractivity contribution in [2.75, 3.05) is 31.4 Å². The van der Waals surface area contributed by atoms with Crippen LogP contribution in [0.5, 0.6) is 11.5 Å². The van der Waals surface area contributed by atoms with E-state index >= 15 is 0 Å². The first kappa shape index (κ1) is 26.4. The normalized spacial score (nSPS) is 14.9. The highest BCUT2D eigenvalue weighted by atomic mass is 32.2. The van der Waals surface area contributed by atoms with E-state index in [1.54, 1.807) is 23.8 Å². The maximum absolute atomic E-state index is 13.6. The van der Waals surface area contributed by atoms with Gasteiger partial charge in [-0.1, -0.05) is 60.7 Å². The predicted molar refractivity (Wildman–Crippen MR) is 153 cm³/mol. The van der Waals surface area contributed by atoms with Crippen molar-refractivity contribution in [1.82, 2.24) is 15.1 Å². The van der Waals surface area contributed by atoms with Gasteiger partial charge in [0.25, 0.3) is 0 Å². The van der Waals surface area contributed by atoms with E-state index in [0.717, 1.165) is 27.9 Å². The van der Waals surface area contributed by atoms with E-state index in [9.17, 15) is 9.59 Å². The molecule has 0 bridgehead atoms. The van der Waals surface area contributed by atoms with Gasteiger partial charge in [0.15, 0.2) is 0 Å². The second-order valence-electron chi connectivity index (χ2n) is 9.12. The fraction of sp³-hybridized carbons (Fsp3) is 0.233. The number of nitrogens with one attached hydrogen (secondary N) is 1. The van der Waals surface area contributed by atoms with Crippen LogP contribution < -0.4 is 19.7 Å². The van der Waals surface area contributed by atoms with Crippen LogP contribution in [0.4, 0.5) is 5.82 Å². The molecule has 0 saturated heterocycles. The number of aromatic nitrogens is 2. The van der Waals surface area contributed by atoms with Crippen LogP contribution in [0.15, 0.2) is 78.9 Å². The lowest BCUT2D eigenvalue weighted by Gasteiger charge is -2.23. The molecule has 1 aliphatic rings. The molecule has 200 valence electrons. The van der Waals surface area contributed by atoms with Gasteiger partial charge in [0.2, 0.25) is 11.8 Å². The predicted octanol–water partition coefficient (Wildman–Crippen LogP) is 4.59. The summed E-state index contributed by atoms with van der Waals surface area (Å²) in [7, 11) is 5.06. The topological polar surface area (TPSA) is 85.7 Å². The molecule has 3 aromatic carbocycles. The molecule has 1 aliphatic heterocycles. The molecule has 2 heterocycles. The maximum Gasteiger partial charge on any atom is 0.240 e. The number of aryl methyl sites for hydroxylation is 1. The first-order valence-corrected chi connectivity index (χ1v) is 13.6. The van der Waals surface area contributed by atoms with Gasteiger partial charge in [-0.05, 0) is 23.8 Å². The summed E-state index contributed by atoms with van der Waals surface area (Å²) in [5, 5.41) is 7.52. The van der Waals surface area contributed by atoms with Crippen LogP contribution in [-0.4, -0.2) is 48.1 Å². The Morgan fingerprint density at radius 2 is 1.74 bits per heavy atom. The SMILES string of the molecule is COc1ccc(OC)c(C2SCC(=O)N(CC(=O)NCc3ccccc3)c3c2c(-c2ccccc2)nn3C)c1. The quantitative estimate of drug-likeness (QED) is 0.351. The Morgan fingerprint density at radius 1 is 1.03 bits per heavy atom. The van der Waals surface area contributed by atoms with Crippen molar-refractivity contribution < 1.29 is 19.1 Å². The number of carbonyl (C=O) groups is 2. The molecule has 1 unspecified atom stereocenters. The van der Waals surface area contributed by atoms with Gasteiger partial charge >= 0.3 is 0 Å². The minimum Gasteiger partial charge on any atom is -0.497 e. The number of rotatable bonds is 8. The molecule has 0 saturated carbocycles. The summed E-state index contributed by atoms with van der Waals surface area (Å²) in [5.41, 5.74) is 4.38. The largest absolute Gasteiger partial charge is 0.497 e. The standard InChI is InChI=1S/C30H30N4O4S/c1-33-30-27(28(32-33)21-12-8-5-9-13-21)29(23-16-22(37-2)14-15-24(23)38-3)39-19-26(36)34(30)18-25(35)31-17-20-10-6-4-7-11-20/h4-16,29H,17-19H2,1-3H3,(H,31,35). The molecule has 9 heteroatoms. The minimum atomic E-state index is -0.296. The van der Waals surface area contributed by atoms with Gasteiger partial charge in [0, 0.05) is 30.3 Å². The molecule has 2 amide bonds. The third-order valence-corrected chi connectivity index (χ3v) is 7.88. The number of carbonyl (C=O) groups excluding carboxylic acids is 2. The Balaban J connectivity index is 1.59. The molecule has 1 atom stereocenters. The second-order valence-corrected chi connectivity index (χ2v) is 10.2. The third-order valence-electron chi connectivity index (χ3n) is 6.65. The monoisotopic (exact) mass is 542 g/mol. The van der Waals surface area contributed by atoms with Crippen LogP contribution in [0.2, 0.25) is 0 Å². The Kier molecular flexibility index (Phi) is 7.88. The van der Waals surface area contributed by atoms with Gasteiger partial charge in [0.05, 0.1) is 30.9 Å². The summed E-state index contributed by atoms with van der Waals surface area (Å²) >= 11 is 1.49. The van der Waals surface area contributed by atoms with Gasteiger partial charge in [-0.15, -0.1) is 11.8 Å². The molecule has 8 nitrogen and oxygen atoms in total. The molecule has 0 aliphatic carbocycles. The maximum atomic E-state index is 13.6. The van der Waals surface area contributed by atoms with E-state index in [1.165, 1.54) is 11.8 Å². The number of ether oxygens (including phenoxy) is 2. The summed E-state index contributed by atoms with van der Waals surface area (Å²) in [6.07, 6.45) is 0. The number of anilines is 1. The van der Waals surface area contributed by atoms with E-state index in [-0.39, 0.29) is 29.4 Å². The van der Waals surface area contributed by atoms with Crippen molar-refractivity contribution in [2.45, 2.75) is 11.8 Å². The first-order chi connectivity index (χ1) is 19.0. The van der Waals surface area contributed by atoms with Crippen LogP contribution in [0.1, 0.15) is 21.9 Å². The third kappa shape index (κ3) is 5.49. The zero-order valence-corrected chi connectivity index (χ0v) is 22.9. The molecular weight excluding hydrogens is 512 g/mol. The fourth-order valence-corrected chi connectivity index (χ4v) is 6.00. The van der Waals surface area contributed by atoms with Crippen molar-refractivity contribution in [3.05, 3.63) is 95.6 Å². The molecule has 39 heavy (non-hydrogen) atoms. The van der Waals surface area contributed by atoms with Crippen molar-refractivity contribution in [3.63, 3.8) is 0 Å². The lowest BCUT2D eigenvalue weighted by atomic mass is 9.98. The van der Waals surface area contributed by atoms with Crippen LogP contribution in [0.3, 0.4) is 0 Å². The number of thioether (sulfide) groups is 1. The summed E-state index contributed by atoms with van der Waals surface area (Å²) in [5.74, 6) is 1.73. The molecular formula is C30H30N4O4S. The lowest BCUT2D eigenvalue weighted by molar-refractivity contribution is -0.123. The van der Waals surface area contributed by atoms with E-state index in [0.29, 0.717) is 23.9 Å². The molecule has 0 fully saturated rings. The van der Waals surface area contributed by atoms with Crippen LogP contribution >= 0.6 is 11.8 Å². The lowest BCUT2D eigenvalue weighted by Crippen LogP contribution is -2.42. The van der Waals surface area contributed by atoms with E-state index < -0.39 is 0 Å². The molecule has 0 spiro atoms. The molecule has 1 aromatic heterocycles. The number of nitrogens with zero attached hydrogens (tertiary/aromatic N) is 3. The highest BCUT2D eigenvalue weighted by Gasteiger charge is 2.37. The van der Waals surface area contributed by atoms with Crippen molar-refractivity contribution >= 4 is 29.4 Å². The summed E-state index contributed by atoms with van der Waals surface area (Å²) < 4.78 is 13.0. The zero-order valence-electron chi connectivity index (χ0n) is 22.1. The second kappa shape index (κ2) is 11.7. The first-order valence-electron chi connectivity index (χ1n) is 12.6. The average Bonchev–Trinajstić information content (AvgIpc) is 3.24. The van der Waals surface area contributed by atoms with Crippen LogP contribution in [0, 0.1) is 0 Å². The van der Waals surface area contributed by atoms with Crippen molar-refractivity contribution in [1.29, 1.82) is 0 Å². The van der Waals surface area contributed by atoms with E-state index in [4.69, 9.17) is 14.6 Å². The van der Waals surface area contributed by atoms with Gasteiger partial charge in [0.1, 0.15) is 23.9 Å². The Bertz CT molecular complexity index is 1470. The smallest absolute Gasteiger partial charge is 0.240 e. The van der Waals surface area contributed by atoms with Crippen LogP contribution in [0.25, 0.3) is 11.3 Å². The Morgan fingerprint density at radius 3 is 2.44 bits per heavy atom. The summed E-state index contributed by atoms with van der Waals surface area (Å²) in [6.45, 7) is 0.266. The Hall–Kier alpha value is -4.24. The van der Waals surface area contributed by atoms with Gasteiger partial charge in [-0.3, -0.25) is 19.2 Å². The van der Waals surface area contributed by atoms with Gasteiger partial charge in [-0.2, -0.15) is 5.10 Å². The van der Waals surface area contributed by atoms with Crippen molar-refractivity contribution in [2.24, 2.45) is 7.05 Å². The number of methoxy groups -OCH3 is 2. The number of fused-ring (bicyclic) bond motifs is 1. The van der Waals surface area contributed by atoms with Gasteiger partial charge < -0.3 is 14.8 Å². The Labute approximate surface area is 231 Å². The molecule has 5 rings (SSSR count). The van der Waals surface area contributed by atoms with Crippen molar-refractivity contribution in [3.8, 4) is 22.8 Å². The summed E-state index contributed by atoms with van der Waals surface area (Å²) in [4.78, 5) is 28.2. The number of amides is 2. The number of benzene rings is 3. The highest BCUT2D eigenvalue weighted by Crippen LogP contribution is 2.50. The van der Waals surface area contributed by atoms with E-state index in [1.807, 2.05) is 85.9 Å². The zero-order chi connectivity index (χ0) is 27.4. The molecule has 1 N–H and O–H groups in total. The average molecular weight is 543 g/mol. The van der Waals surface area contributed by atoms with Gasteiger partial charge in [-0.25, -0.2) is 0 Å². The molecule has 0 radical (unpaired) electrons. The minimum absolute atomic E-state index is 0.116. The fourth-order valence-electron chi connectivity index (χ4n) is 4.78. The summed E-state index contributed by atoms with van der Waals surface area (Å²) in [6, 6.07) is 25.2. The number of hydrogen-bond acceptors (Lipinski definition) is 6. The van der Waals surface area contributed by atoms with Crippen LogP contribution in [-0.2, 0) is 23.2 Å². The van der Waals surface area contributed by atoms with E-state index in [2.05, 4.69) is 5.32 Å². The molecule has 4 aromatic rings. The highest BCUT2D eigenvalue weighted by molar-refractivity contribution is 8.00. The number of hydrogen-bond donors (Lipinski definition) is 1.